The van der Waals surface area contributed by atoms with E-state index in [0.29, 0.717) is 23.1 Å². The first-order chi connectivity index (χ1) is 7.58. The maximum Gasteiger partial charge on any atom is 0.163 e. The number of rotatable bonds is 5. The van der Waals surface area contributed by atoms with Crippen LogP contribution in [0.15, 0.2) is 12.1 Å². The van der Waals surface area contributed by atoms with E-state index >= 15 is 0 Å². The molecule has 4 heteroatoms. The quantitative estimate of drug-likeness (QED) is 0.865. The minimum atomic E-state index is 0.0883. The van der Waals surface area contributed by atoms with E-state index in [-0.39, 0.29) is 6.10 Å². The maximum absolute atomic E-state index is 6.13. The summed E-state index contributed by atoms with van der Waals surface area (Å²) in [6.45, 7) is 4.48. The lowest BCUT2D eigenvalue weighted by atomic mass is 10.1. The number of hydrogen-bond acceptors (Lipinski definition) is 3. The Morgan fingerprint density at radius 3 is 2.50 bits per heavy atom. The van der Waals surface area contributed by atoms with E-state index in [1.807, 2.05) is 19.9 Å². The molecule has 90 valence electrons. The normalized spacial score (nSPS) is 10.6. The largest absolute Gasteiger partial charge is 0.493 e. The summed E-state index contributed by atoms with van der Waals surface area (Å²) in [5, 5.41) is 0.668. The lowest BCUT2D eigenvalue weighted by Gasteiger charge is -2.15. The van der Waals surface area contributed by atoms with Crippen LogP contribution in [0, 0.1) is 0 Å². The Morgan fingerprint density at radius 1 is 1.31 bits per heavy atom. The van der Waals surface area contributed by atoms with Crippen LogP contribution < -0.4 is 15.2 Å². The second kappa shape index (κ2) is 5.97. The average Bonchev–Trinajstić information content (AvgIpc) is 2.21. The van der Waals surface area contributed by atoms with Crippen LogP contribution in [0.5, 0.6) is 11.5 Å². The van der Waals surface area contributed by atoms with Gasteiger partial charge in [0.1, 0.15) is 0 Å². The highest BCUT2D eigenvalue weighted by molar-refractivity contribution is 6.31. The van der Waals surface area contributed by atoms with E-state index in [9.17, 15) is 0 Å². The highest BCUT2D eigenvalue weighted by Crippen LogP contribution is 2.34. The number of benzene rings is 1. The SMILES string of the molecule is COc1cc(CCN)c(Cl)cc1OC(C)C. The number of halogens is 1. The second-order valence-corrected chi connectivity index (χ2v) is 4.21. The van der Waals surface area contributed by atoms with Crippen LogP contribution in [-0.4, -0.2) is 19.8 Å². The van der Waals surface area contributed by atoms with Crippen LogP contribution in [0.25, 0.3) is 0 Å². The first-order valence-electron chi connectivity index (χ1n) is 5.31. The van der Waals surface area contributed by atoms with Crippen LogP contribution in [0.4, 0.5) is 0 Å². The number of hydrogen-bond donors (Lipinski definition) is 1. The third-order valence-electron chi connectivity index (χ3n) is 2.11. The zero-order chi connectivity index (χ0) is 12.1. The van der Waals surface area contributed by atoms with Gasteiger partial charge in [-0.2, -0.15) is 0 Å². The molecule has 3 nitrogen and oxygen atoms in total. The van der Waals surface area contributed by atoms with Gasteiger partial charge in [-0.05, 0) is 38.4 Å². The maximum atomic E-state index is 6.13. The smallest absolute Gasteiger partial charge is 0.163 e. The lowest BCUT2D eigenvalue weighted by Crippen LogP contribution is -2.08. The predicted molar refractivity (Wildman–Crippen MR) is 66.5 cm³/mol. The Morgan fingerprint density at radius 2 is 2.00 bits per heavy atom. The van der Waals surface area contributed by atoms with E-state index < -0.39 is 0 Å². The van der Waals surface area contributed by atoms with E-state index in [1.54, 1.807) is 13.2 Å². The van der Waals surface area contributed by atoms with Crippen molar-refractivity contribution in [3.63, 3.8) is 0 Å². The summed E-state index contributed by atoms with van der Waals surface area (Å²) in [4.78, 5) is 0. The molecule has 0 aliphatic heterocycles. The molecule has 0 spiro atoms. The van der Waals surface area contributed by atoms with Gasteiger partial charge in [0.25, 0.3) is 0 Å². The zero-order valence-corrected chi connectivity index (χ0v) is 10.7. The molecular formula is C12H18ClNO2. The van der Waals surface area contributed by atoms with Crippen molar-refractivity contribution in [2.45, 2.75) is 26.4 Å². The Hall–Kier alpha value is -0.930. The number of nitrogens with two attached hydrogens (primary N) is 1. The number of methoxy groups -OCH3 is 1. The summed E-state index contributed by atoms with van der Waals surface area (Å²) in [5.41, 5.74) is 6.49. The van der Waals surface area contributed by atoms with Crippen molar-refractivity contribution < 1.29 is 9.47 Å². The Bertz CT molecular complexity index is 353. The molecule has 0 saturated carbocycles. The van der Waals surface area contributed by atoms with Crippen molar-refractivity contribution in [2.24, 2.45) is 5.73 Å². The van der Waals surface area contributed by atoms with E-state index in [0.717, 1.165) is 12.0 Å². The summed E-state index contributed by atoms with van der Waals surface area (Å²) in [7, 11) is 1.61. The molecule has 0 atom stereocenters. The van der Waals surface area contributed by atoms with Crippen molar-refractivity contribution in [3.05, 3.63) is 22.7 Å². The van der Waals surface area contributed by atoms with E-state index in [1.165, 1.54) is 0 Å². The molecule has 1 aromatic rings. The van der Waals surface area contributed by atoms with Crippen LogP contribution in [0.2, 0.25) is 5.02 Å². The van der Waals surface area contributed by atoms with Gasteiger partial charge in [-0.15, -0.1) is 0 Å². The Kier molecular flexibility index (Phi) is 4.90. The molecule has 2 N–H and O–H groups in total. The Labute approximate surface area is 101 Å². The average molecular weight is 244 g/mol. The van der Waals surface area contributed by atoms with Crippen molar-refractivity contribution >= 4 is 11.6 Å². The summed E-state index contributed by atoms with van der Waals surface area (Å²) in [6, 6.07) is 3.66. The van der Waals surface area contributed by atoms with Crippen molar-refractivity contribution in [3.8, 4) is 11.5 Å². The fourth-order valence-electron chi connectivity index (χ4n) is 1.43. The van der Waals surface area contributed by atoms with Gasteiger partial charge in [0, 0.05) is 11.1 Å². The van der Waals surface area contributed by atoms with Gasteiger partial charge >= 0.3 is 0 Å². The molecule has 0 amide bonds. The summed E-state index contributed by atoms with van der Waals surface area (Å²) in [5.74, 6) is 1.37. The van der Waals surface area contributed by atoms with Crippen molar-refractivity contribution in [2.75, 3.05) is 13.7 Å². The van der Waals surface area contributed by atoms with Gasteiger partial charge in [-0.1, -0.05) is 11.6 Å². The summed E-state index contributed by atoms with van der Waals surface area (Å²) >= 11 is 6.13. The zero-order valence-electron chi connectivity index (χ0n) is 9.92. The van der Waals surface area contributed by atoms with E-state index in [2.05, 4.69) is 0 Å². The van der Waals surface area contributed by atoms with Crippen LogP contribution in [-0.2, 0) is 6.42 Å². The minimum Gasteiger partial charge on any atom is -0.493 e. The van der Waals surface area contributed by atoms with Crippen molar-refractivity contribution in [1.29, 1.82) is 0 Å². The third kappa shape index (κ3) is 3.29. The highest BCUT2D eigenvalue weighted by Gasteiger charge is 2.11. The van der Waals surface area contributed by atoms with Crippen LogP contribution in [0.3, 0.4) is 0 Å². The molecule has 0 saturated heterocycles. The molecule has 1 rings (SSSR count). The third-order valence-corrected chi connectivity index (χ3v) is 2.46. The molecule has 0 bridgehead atoms. The van der Waals surface area contributed by atoms with Gasteiger partial charge in [0.2, 0.25) is 0 Å². The molecule has 0 fully saturated rings. The lowest BCUT2D eigenvalue weighted by molar-refractivity contribution is 0.230. The van der Waals surface area contributed by atoms with Gasteiger partial charge in [0.15, 0.2) is 11.5 Å². The molecule has 16 heavy (non-hydrogen) atoms. The molecule has 0 unspecified atom stereocenters. The van der Waals surface area contributed by atoms with Gasteiger partial charge in [-0.25, -0.2) is 0 Å². The summed E-state index contributed by atoms with van der Waals surface area (Å²) in [6.07, 6.45) is 0.822. The minimum absolute atomic E-state index is 0.0883. The fraction of sp³-hybridized carbons (Fsp3) is 0.500. The Balaban J connectivity index is 3.05. The number of ether oxygens (including phenoxy) is 2. The van der Waals surface area contributed by atoms with Crippen LogP contribution in [0.1, 0.15) is 19.4 Å². The molecule has 0 aliphatic rings. The summed E-state index contributed by atoms with van der Waals surface area (Å²) < 4.78 is 10.9. The highest BCUT2D eigenvalue weighted by atomic mass is 35.5. The first-order valence-corrected chi connectivity index (χ1v) is 5.69. The molecule has 0 aliphatic carbocycles. The predicted octanol–water partition coefficient (Wildman–Crippen LogP) is 2.64. The van der Waals surface area contributed by atoms with Gasteiger partial charge in [-0.3, -0.25) is 0 Å². The van der Waals surface area contributed by atoms with Gasteiger partial charge < -0.3 is 15.2 Å². The first kappa shape index (κ1) is 13.1. The van der Waals surface area contributed by atoms with Crippen LogP contribution >= 0.6 is 11.6 Å². The molecule has 0 radical (unpaired) electrons. The molecular weight excluding hydrogens is 226 g/mol. The molecule has 0 heterocycles. The monoisotopic (exact) mass is 243 g/mol. The fourth-order valence-corrected chi connectivity index (χ4v) is 1.68. The second-order valence-electron chi connectivity index (χ2n) is 3.80. The van der Waals surface area contributed by atoms with Gasteiger partial charge in [0.05, 0.1) is 13.2 Å². The molecule has 1 aromatic carbocycles. The van der Waals surface area contributed by atoms with E-state index in [4.69, 9.17) is 26.8 Å². The molecule has 0 aromatic heterocycles. The standard InChI is InChI=1S/C12H18ClNO2/c1-8(2)16-12-7-10(13)9(4-5-14)6-11(12)15-3/h6-8H,4-5,14H2,1-3H3. The van der Waals surface area contributed by atoms with Crippen molar-refractivity contribution in [1.82, 2.24) is 0 Å². The topological polar surface area (TPSA) is 44.5 Å².